The van der Waals surface area contributed by atoms with Gasteiger partial charge in [-0.15, -0.1) is 11.3 Å². The van der Waals surface area contributed by atoms with E-state index in [0.717, 1.165) is 10.4 Å². The van der Waals surface area contributed by atoms with E-state index in [1.807, 2.05) is 30.3 Å². The lowest BCUT2D eigenvalue weighted by Gasteiger charge is -2.24. The molecule has 0 N–H and O–H groups in total. The minimum atomic E-state index is -0.159. The van der Waals surface area contributed by atoms with Crippen molar-refractivity contribution >= 4 is 51.3 Å². The van der Waals surface area contributed by atoms with E-state index in [4.69, 9.17) is 16.3 Å². The topological polar surface area (TPSA) is 54.8 Å². The predicted molar refractivity (Wildman–Crippen MR) is 104 cm³/mol. The fourth-order valence-corrected chi connectivity index (χ4v) is 4.83. The molecular formula is C17H16ClN3O2S2. The molecule has 1 amide bonds. The highest BCUT2D eigenvalue weighted by molar-refractivity contribution is 8.14. The van der Waals surface area contributed by atoms with Crippen molar-refractivity contribution in [2.24, 2.45) is 4.99 Å². The van der Waals surface area contributed by atoms with Gasteiger partial charge in [0.25, 0.3) is 5.91 Å². The molecule has 0 bridgehead atoms. The molecule has 0 aliphatic carbocycles. The van der Waals surface area contributed by atoms with Crippen molar-refractivity contribution in [3.8, 4) is 0 Å². The summed E-state index contributed by atoms with van der Waals surface area (Å²) in [5.41, 5.74) is 1.27. The first kappa shape index (κ1) is 18.0. The van der Waals surface area contributed by atoms with Crippen LogP contribution in [0.5, 0.6) is 0 Å². The molecule has 1 aromatic heterocycles. The molecule has 3 rings (SSSR count). The van der Waals surface area contributed by atoms with Gasteiger partial charge in [-0.05, 0) is 5.56 Å². The van der Waals surface area contributed by atoms with Crippen LogP contribution in [0.25, 0.3) is 5.57 Å². The lowest BCUT2D eigenvalue weighted by molar-refractivity contribution is -0.122. The van der Waals surface area contributed by atoms with Crippen LogP contribution in [0.4, 0.5) is 0 Å². The molecule has 2 aromatic rings. The van der Waals surface area contributed by atoms with Gasteiger partial charge in [0.1, 0.15) is 0 Å². The average molecular weight is 394 g/mol. The van der Waals surface area contributed by atoms with Crippen molar-refractivity contribution in [1.82, 2.24) is 9.88 Å². The molecule has 1 atom stereocenters. The molecule has 1 aliphatic heterocycles. The summed E-state index contributed by atoms with van der Waals surface area (Å²) in [5, 5.41) is 0.678. The number of halogens is 1. The number of thioether (sulfide) groups is 1. The molecule has 1 aromatic carbocycles. The van der Waals surface area contributed by atoms with Crippen LogP contribution < -0.4 is 0 Å². The largest absolute Gasteiger partial charge is 0.504 e. The normalized spacial score (nSPS) is 19.5. The van der Waals surface area contributed by atoms with E-state index >= 15 is 0 Å². The van der Waals surface area contributed by atoms with Crippen molar-refractivity contribution in [2.75, 3.05) is 19.9 Å². The molecule has 1 unspecified atom stereocenters. The standard InChI is InChI=1S/C17H16ClN3O2S2/c1-19-17-21(13(10-24-17)14-8-20-16(18)25-14)15(22)12(9-23-2)11-6-4-3-5-7-11/h3-9,13H,10H2,1-2H3/b12-9+,19-17?. The molecule has 2 heterocycles. The monoisotopic (exact) mass is 393 g/mol. The zero-order chi connectivity index (χ0) is 17.8. The number of ether oxygens (including phenoxy) is 1. The second kappa shape index (κ2) is 8.03. The summed E-state index contributed by atoms with van der Waals surface area (Å²) in [4.78, 5) is 24.3. The van der Waals surface area contributed by atoms with Crippen LogP contribution in [0.2, 0.25) is 4.47 Å². The molecule has 8 heteroatoms. The van der Waals surface area contributed by atoms with Gasteiger partial charge < -0.3 is 4.74 Å². The van der Waals surface area contributed by atoms with E-state index in [-0.39, 0.29) is 11.9 Å². The highest BCUT2D eigenvalue weighted by Crippen LogP contribution is 2.40. The van der Waals surface area contributed by atoms with Crippen LogP contribution in [0, 0.1) is 0 Å². The summed E-state index contributed by atoms with van der Waals surface area (Å²) >= 11 is 8.91. The number of carbonyl (C=O) groups excluding carboxylic acids is 1. The van der Waals surface area contributed by atoms with Gasteiger partial charge in [-0.1, -0.05) is 53.7 Å². The molecule has 1 fully saturated rings. The summed E-state index contributed by atoms with van der Waals surface area (Å²) in [6.07, 6.45) is 3.20. The number of methoxy groups -OCH3 is 1. The van der Waals surface area contributed by atoms with Gasteiger partial charge in [0.05, 0.1) is 25.0 Å². The Hall–Kier alpha value is -1.83. The van der Waals surface area contributed by atoms with E-state index in [9.17, 15) is 4.79 Å². The number of aliphatic imine (C=N–C) groups is 1. The second-order valence-electron chi connectivity index (χ2n) is 5.16. The quantitative estimate of drug-likeness (QED) is 0.580. The molecule has 5 nitrogen and oxygen atoms in total. The Bertz CT molecular complexity index is 820. The molecule has 1 saturated heterocycles. The summed E-state index contributed by atoms with van der Waals surface area (Å²) in [6.45, 7) is 0. The Morgan fingerprint density at radius 2 is 2.20 bits per heavy atom. The first-order chi connectivity index (χ1) is 12.2. The van der Waals surface area contributed by atoms with E-state index in [1.165, 1.54) is 24.7 Å². The van der Waals surface area contributed by atoms with Crippen LogP contribution in [-0.4, -0.2) is 40.9 Å². The Morgan fingerprint density at radius 3 is 2.80 bits per heavy atom. The Kier molecular flexibility index (Phi) is 5.78. The van der Waals surface area contributed by atoms with Gasteiger partial charge in [0.2, 0.25) is 0 Å². The van der Waals surface area contributed by atoms with Crippen LogP contribution in [0.15, 0.2) is 47.8 Å². The van der Waals surface area contributed by atoms with Crippen LogP contribution in [0.3, 0.4) is 0 Å². The first-order valence-corrected chi connectivity index (χ1v) is 9.66. The third kappa shape index (κ3) is 3.73. The fraction of sp³-hybridized carbons (Fsp3) is 0.235. The maximum absolute atomic E-state index is 13.3. The number of hydrogen-bond donors (Lipinski definition) is 0. The van der Waals surface area contributed by atoms with Crippen LogP contribution in [-0.2, 0) is 9.53 Å². The number of benzene rings is 1. The molecule has 0 radical (unpaired) electrons. The summed E-state index contributed by atoms with van der Waals surface area (Å²) in [6, 6.07) is 9.30. The third-order valence-corrected chi connectivity index (χ3v) is 6.01. The van der Waals surface area contributed by atoms with Gasteiger partial charge in [0.15, 0.2) is 9.63 Å². The number of amidine groups is 1. The third-order valence-electron chi connectivity index (χ3n) is 3.67. The zero-order valence-electron chi connectivity index (χ0n) is 13.7. The molecular weight excluding hydrogens is 378 g/mol. The number of aromatic nitrogens is 1. The minimum Gasteiger partial charge on any atom is -0.504 e. The van der Waals surface area contributed by atoms with E-state index in [2.05, 4.69) is 9.98 Å². The smallest absolute Gasteiger partial charge is 0.264 e. The lowest BCUT2D eigenvalue weighted by Crippen LogP contribution is -2.34. The Labute approximate surface area is 159 Å². The van der Waals surface area contributed by atoms with Crippen molar-refractivity contribution < 1.29 is 9.53 Å². The number of thiazole rings is 1. The van der Waals surface area contributed by atoms with Gasteiger partial charge in [-0.2, -0.15) is 0 Å². The van der Waals surface area contributed by atoms with Crippen molar-refractivity contribution in [1.29, 1.82) is 0 Å². The van der Waals surface area contributed by atoms with Crippen LogP contribution >= 0.6 is 34.7 Å². The van der Waals surface area contributed by atoms with Gasteiger partial charge >= 0.3 is 0 Å². The number of carbonyl (C=O) groups is 1. The Morgan fingerprint density at radius 1 is 1.44 bits per heavy atom. The lowest BCUT2D eigenvalue weighted by atomic mass is 10.1. The number of nitrogens with zero attached hydrogens (tertiary/aromatic N) is 3. The average Bonchev–Trinajstić information content (AvgIpc) is 3.25. The summed E-state index contributed by atoms with van der Waals surface area (Å²) in [7, 11) is 3.22. The summed E-state index contributed by atoms with van der Waals surface area (Å²) in [5.74, 6) is 0.555. The van der Waals surface area contributed by atoms with Crippen molar-refractivity contribution in [3.63, 3.8) is 0 Å². The Balaban J connectivity index is 2.00. The number of amides is 1. The molecule has 0 saturated carbocycles. The van der Waals surface area contributed by atoms with E-state index in [0.29, 0.717) is 21.0 Å². The zero-order valence-corrected chi connectivity index (χ0v) is 16.1. The second-order valence-corrected chi connectivity index (χ2v) is 7.79. The molecule has 130 valence electrons. The van der Waals surface area contributed by atoms with Gasteiger partial charge in [-0.3, -0.25) is 14.7 Å². The van der Waals surface area contributed by atoms with E-state index < -0.39 is 0 Å². The highest BCUT2D eigenvalue weighted by Gasteiger charge is 2.38. The first-order valence-electron chi connectivity index (χ1n) is 7.48. The fourth-order valence-electron chi connectivity index (χ4n) is 2.57. The van der Waals surface area contributed by atoms with E-state index in [1.54, 1.807) is 29.9 Å². The summed E-state index contributed by atoms with van der Waals surface area (Å²) < 4.78 is 5.63. The van der Waals surface area contributed by atoms with Crippen molar-refractivity contribution in [2.45, 2.75) is 6.04 Å². The molecule has 0 spiro atoms. The molecule has 1 aliphatic rings. The van der Waals surface area contributed by atoms with Gasteiger partial charge in [-0.25, -0.2) is 4.98 Å². The van der Waals surface area contributed by atoms with Crippen LogP contribution in [0.1, 0.15) is 16.5 Å². The maximum atomic E-state index is 13.3. The van der Waals surface area contributed by atoms with Gasteiger partial charge in [0, 0.05) is 23.9 Å². The number of rotatable bonds is 4. The molecule has 25 heavy (non-hydrogen) atoms. The maximum Gasteiger partial charge on any atom is 0.264 e. The SMILES string of the molecule is CN=C1SCC(c2cnc(Cl)s2)N1C(=O)/C(=C/OC)c1ccccc1. The predicted octanol–water partition coefficient (Wildman–Crippen LogP) is 4.09. The highest BCUT2D eigenvalue weighted by atomic mass is 35.5. The minimum absolute atomic E-state index is 0.148. The van der Waals surface area contributed by atoms with Crippen molar-refractivity contribution in [3.05, 3.63) is 57.7 Å². The number of hydrogen-bond acceptors (Lipinski definition) is 6.